The van der Waals surface area contributed by atoms with Gasteiger partial charge in [0.2, 0.25) is 5.91 Å². The minimum Gasteiger partial charge on any atom is -0.394 e. The molecule has 1 rings (SSSR count). The summed E-state index contributed by atoms with van der Waals surface area (Å²) in [5.74, 6) is -0.140. The van der Waals surface area contributed by atoms with E-state index in [9.17, 15) is 30.3 Å². The molecule has 7 atom stereocenters. The molecule has 1 saturated heterocycles. The molecular formula is C45H89NO8. The molecule has 0 aromatic rings. The van der Waals surface area contributed by atoms with Crippen molar-refractivity contribution in [1.82, 2.24) is 5.32 Å². The van der Waals surface area contributed by atoms with Gasteiger partial charge in [0.15, 0.2) is 6.29 Å². The number of carbonyl (C=O) groups excluding carboxylic acids is 1. The smallest absolute Gasteiger partial charge is 0.220 e. The van der Waals surface area contributed by atoms with Crippen molar-refractivity contribution in [2.24, 2.45) is 0 Å². The third kappa shape index (κ3) is 26.9. The van der Waals surface area contributed by atoms with Crippen molar-refractivity contribution in [2.75, 3.05) is 13.2 Å². The van der Waals surface area contributed by atoms with Gasteiger partial charge in [-0.25, -0.2) is 0 Å². The lowest BCUT2D eigenvalue weighted by Crippen LogP contribution is -2.60. The van der Waals surface area contributed by atoms with Gasteiger partial charge in [-0.2, -0.15) is 0 Å². The highest BCUT2D eigenvalue weighted by atomic mass is 16.7. The third-order valence-electron chi connectivity index (χ3n) is 11.5. The van der Waals surface area contributed by atoms with Gasteiger partial charge in [0.05, 0.1) is 25.4 Å². The Labute approximate surface area is 332 Å². The zero-order chi connectivity index (χ0) is 39.5. The van der Waals surface area contributed by atoms with Gasteiger partial charge in [-0.15, -0.1) is 0 Å². The molecule has 1 amide bonds. The average molecular weight is 772 g/mol. The molecule has 0 aromatic heterocycles. The first kappa shape index (κ1) is 51.2. The zero-order valence-electron chi connectivity index (χ0n) is 35.3. The van der Waals surface area contributed by atoms with Gasteiger partial charge in [-0.05, 0) is 12.8 Å². The van der Waals surface area contributed by atoms with Crippen molar-refractivity contribution in [3.63, 3.8) is 0 Å². The summed E-state index contributed by atoms with van der Waals surface area (Å²) in [5, 5.41) is 54.3. The second kappa shape index (κ2) is 36.5. The minimum absolute atomic E-state index is 0.132. The van der Waals surface area contributed by atoms with Crippen molar-refractivity contribution >= 4 is 5.91 Å². The number of ether oxygens (including phenoxy) is 2. The van der Waals surface area contributed by atoms with E-state index in [4.69, 9.17) is 9.47 Å². The van der Waals surface area contributed by atoms with Crippen LogP contribution in [0.5, 0.6) is 0 Å². The lowest BCUT2D eigenvalue weighted by Gasteiger charge is -2.40. The fraction of sp³-hybridized carbons (Fsp3) is 0.978. The summed E-state index contributed by atoms with van der Waals surface area (Å²) in [6, 6.07) is -0.711. The van der Waals surface area contributed by atoms with Gasteiger partial charge in [0, 0.05) is 6.42 Å². The van der Waals surface area contributed by atoms with E-state index in [2.05, 4.69) is 19.2 Å². The van der Waals surface area contributed by atoms with E-state index in [0.29, 0.717) is 12.8 Å². The van der Waals surface area contributed by atoms with Crippen LogP contribution in [0.4, 0.5) is 0 Å². The Bertz CT molecular complexity index is 817. The Balaban J connectivity index is 2.31. The van der Waals surface area contributed by atoms with Crippen molar-refractivity contribution in [3.05, 3.63) is 0 Å². The van der Waals surface area contributed by atoms with Gasteiger partial charge in [0.1, 0.15) is 24.4 Å². The minimum atomic E-state index is -1.55. The van der Waals surface area contributed by atoms with Gasteiger partial charge in [0.25, 0.3) is 0 Å². The van der Waals surface area contributed by atoms with Gasteiger partial charge >= 0.3 is 0 Å². The Morgan fingerprint density at radius 2 is 0.926 bits per heavy atom. The normalized spacial score (nSPS) is 21.4. The molecule has 1 heterocycles. The van der Waals surface area contributed by atoms with Crippen LogP contribution < -0.4 is 5.32 Å². The number of unbranched alkanes of at least 4 members (excludes halogenated alkanes) is 29. The van der Waals surface area contributed by atoms with E-state index in [1.54, 1.807) is 0 Å². The summed E-state index contributed by atoms with van der Waals surface area (Å²) in [7, 11) is 0. The first-order chi connectivity index (χ1) is 26.3. The Kier molecular flexibility index (Phi) is 34.6. The molecule has 322 valence electrons. The van der Waals surface area contributed by atoms with Crippen LogP contribution in [-0.4, -0.2) is 87.5 Å². The Morgan fingerprint density at radius 1 is 0.556 bits per heavy atom. The fourth-order valence-electron chi connectivity index (χ4n) is 7.69. The molecule has 0 bridgehead atoms. The molecule has 0 aliphatic carbocycles. The first-order valence-electron chi connectivity index (χ1n) is 23.2. The first-order valence-corrected chi connectivity index (χ1v) is 23.2. The van der Waals surface area contributed by atoms with Crippen LogP contribution >= 0.6 is 0 Å². The number of rotatable bonds is 39. The summed E-state index contributed by atoms with van der Waals surface area (Å²) < 4.78 is 11.3. The van der Waals surface area contributed by atoms with Crippen LogP contribution in [0, 0.1) is 0 Å². The van der Waals surface area contributed by atoms with Crippen molar-refractivity contribution < 1.29 is 39.8 Å². The molecule has 0 radical (unpaired) electrons. The van der Waals surface area contributed by atoms with Crippen LogP contribution in [-0.2, 0) is 14.3 Å². The van der Waals surface area contributed by atoms with Crippen LogP contribution in [0.1, 0.15) is 226 Å². The van der Waals surface area contributed by atoms with Gasteiger partial charge in [-0.1, -0.05) is 206 Å². The van der Waals surface area contributed by atoms with Crippen LogP contribution in [0.15, 0.2) is 0 Å². The SMILES string of the molecule is CCCCCCCCCCCCCCCCCCCC(=O)N[C@@H](CO[C@@H]1O[C@H](CO)[C@@H](O)C(O)C1O)[C@H](O)CCCCCCCCCCCCCCCC. The predicted octanol–water partition coefficient (Wildman–Crippen LogP) is 9.56. The van der Waals surface area contributed by atoms with E-state index in [0.717, 1.165) is 38.5 Å². The number of amides is 1. The van der Waals surface area contributed by atoms with Crippen LogP contribution in [0.3, 0.4) is 0 Å². The highest BCUT2D eigenvalue weighted by molar-refractivity contribution is 5.76. The van der Waals surface area contributed by atoms with Gasteiger partial charge < -0.3 is 40.3 Å². The number of aliphatic hydroxyl groups is 5. The summed E-state index contributed by atoms with van der Waals surface area (Å²) in [5.41, 5.74) is 0. The standard InChI is InChI=1S/C45H89NO8/c1-3-5-7-9-11-13-15-17-19-20-21-23-25-27-29-31-33-35-41(49)46-38(37-53-45-44(52)43(51)42(50)40(36-47)54-45)39(48)34-32-30-28-26-24-22-18-16-14-12-10-8-6-4-2/h38-40,42-45,47-48,50-52H,3-37H2,1-2H3,(H,46,49)/t38-,39+,40+,42+,43?,44?,45+/m0/s1. The second-order valence-corrected chi connectivity index (χ2v) is 16.6. The maximum Gasteiger partial charge on any atom is 0.220 e. The molecule has 1 fully saturated rings. The maximum absolute atomic E-state index is 13.0. The number of hydrogen-bond acceptors (Lipinski definition) is 8. The van der Waals surface area contributed by atoms with Crippen LogP contribution in [0.2, 0.25) is 0 Å². The fourth-order valence-corrected chi connectivity index (χ4v) is 7.69. The molecular weight excluding hydrogens is 682 g/mol. The van der Waals surface area contributed by atoms with E-state index in [1.807, 2.05) is 0 Å². The van der Waals surface area contributed by atoms with E-state index < -0.39 is 49.5 Å². The maximum atomic E-state index is 13.0. The number of carbonyl (C=O) groups is 1. The topological polar surface area (TPSA) is 149 Å². The molecule has 54 heavy (non-hydrogen) atoms. The molecule has 0 saturated carbocycles. The molecule has 9 nitrogen and oxygen atoms in total. The van der Waals surface area contributed by atoms with E-state index in [-0.39, 0.29) is 12.5 Å². The average Bonchev–Trinajstić information content (AvgIpc) is 3.17. The summed E-state index contributed by atoms with van der Waals surface area (Å²) in [6.07, 6.45) is 32.5. The number of nitrogens with one attached hydrogen (secondary N) is 1. The lowest BCUT2D eigenvalue weighted by atomic mass is 9.99. The number of hydrogen-bond donors (Lipinski definition) is 6. The highest BCUT2D eigenvalue weighted by Crippen LogP contribution is 2.23. The van der Waals surface area contributed by atoms with Crippen molar-refractivity contribution in [2.45, 2.75) is 269 Å². The molecule has 9 heteroatoms. The van der Waals surface area contributed by atoms with Gasteiger partial charge in [-0.3, -0.25) is 4.79 Å². The lowest BCUT2D eigenvalue weighted by molar-refractivity contribution is -0.302. The monoisotopic (exact) mass is 772 g/mol. The Hall–Kier alpha value is -0.810. The molecule has 1 aliphatic heterocycles. The third-order valence-corrected chi connectivity index (χ3v) is 11.5. The largest absolute Gasteiger partial charge is 0.394 e. The summed E-state index contributed by atoms with van der Waals surface area (Å²) >= 11 is 0. The van der Waals surface area contributed by atoms with E-state index >= 15 is 0 Å². The zero-order valence-corrected chi connectivity index (χ0v) is 35.3. The number of aliphatic hydroxyl groups excluding tert-OH is 5. The predicted molar refractivity (Wildman–Crippen MR) is 221 cm³/mol. The molecule has 0 aromatic carbocycles. The van der Waals surface area contributed by atoms with E-state index in [1.165, 1.54) is 161 Å². The summed E-state index contributed by atoms with van der Waals surface area (Å²) in [4.78, 5) is 13.0. The Morgan fingerprint density at radius 3 is 1.31 bits per heavy atom. The molecule has 6 N–H and O–H groups in total. The highest BCUT2D eigenvalue weighted by Gasteiger charge is 2.44. The molecule has 1 aliphatic rings. The second-order valence-electron chi connectivity index (χ2n) is 16.6. The summed E-state index contributed by atoms with van der Waals surface area (Å²) in [6.45, 7) is 3.85. The molecule has 0 spiro atoms. The van der Waals surface area contributed by atoms with Crippen molar-refractivity contribution in [1.29, 1.82) is 0 Å². The van der Waals surface area contributed by atoms with Crippen LogP contribution in [0.25, 0.3) is 0 Å². The quantitative estimate of drug-likeness (QED) is 0.0339. The molecule has 2 unspecified atom stereocenters. The van der Waals surface area contributed by atoms with Crippen molar-refractivity contribution in [3.8, 4) is 0 Å².